The van der Waals surface area contributed by atoms with E-state index in [1.807, 2.05) is 0 Å². The highest BCUT2D eigenvalue weighted by Crippen LogP contribution is 2.68. The molecule has 1 aromatic rings. The van der Waals surface area contributed by atoms with Gasteiger partial charge in [0.2, 0.25) is 0 Å². The summed E-state index contributed by atoms with van der Waals surface area (Å²) in [5.74, 6) is 4.32. The summed E-state index contributed by atoms with van der Waals surface area (Å²) in [6.45, 7) is 8.13. The smallest absolute Gasteiger partial charge is 0.123 e. The molecule has 31 heavy (non-hydrogen) atoms. The average Bonchev–Trinajstić information content (AvgIpc) is 3.15. The quantitative estimate of drug-likeness (QED) is 0.475. The molecule has 4 aliphatic rings. The third-order valence-electron chi connectivity index (χ3n) is 10.9. The molecule has 1 aromatic carbocycles. The van der Waals surface area contributed by atoms with E-state index < -0.39 is 0 Å². The van der Waals surface area contributed by atoms with E-state index in [1.165, 1.54) is 69.6 Å². The van der Waals surface area contributed by atoms with Crippen molar-refractivity contribution in [3.8, 4) is 0 Å². The van der Waals surface area contributed by atoms with Crippen LogP contribution in [0.3, 0.4) is 0 Å². The summed E-state index contributed by atoms with van der Waals surface area (Å²) >= 11 is 0. The van der Waals surface area contributed by atoms with Gasteiger partial charge in [0.1, 0.15) is 6.29 Å². The van der Waals surface area contributed by atoms with Crippen LogP contribution >= 0.6 is 0 Å². The van der Waals surface area contributed by atoms with Gasteiger partial charge in [-0.1, -0.05) is 51.1 Å². The molecule has 0 amide bonds. The lowest BCUT2D eigenvalue weighted by Gasteiger charge is -2.61. The van der Waals surface area contributed by atoms with E-state index in [2.05, 4.69) is 51.1 Å². The van der Waals surface area contributed by atoms with E-state index in [9.17, 15) is 4.79 Å². The second-order valence-electron chi connectivity index (χ2n) is 12.1. The van der Waals surface area contributed by atoms with Crippen molar-refractivity contribution < 1.29 is 9.53 Å². The molecule has 5 rings (SSSR count). The van der Waals surface area contributed by atoms with Crippen LogP contribution in [-0.4, -0.2) is 12.4 Å². The number of hydrogen-bond acceptors (Lipinski definition) is 2. The minimum absolute atomic E-state index is 0.232. The maximum atomic E-state index is 11.6. The number of fused-ring (bicyclic) bond motifs is 5. The Kier molecular flexibility index (Phi) is 5.82. The van der Waals surface area contributed by atoms with E-state index in [0.29, 0.717) is 22.9 Å². The third-order valence-corrected chi connectivity index (χ3v) is 10.9. The summed E-state index contributed by atoms with van der Waals surface area (Å²) in [6.07, 6.45) is 13.7. The van der Waals surface area contributed by atoms with Crippen molar-refractivity contribution in [2.24, 2.45) is 46.3 Å². The van der Waals surface area contributed by atoms with Gasteiger partial charge in [0, 0.05) is 5.92 Å². The first-order valence-electron chi connectivity index (χ1n) is 13.1. The Hall–Kier alpha value is -1.15. The Morgan fingerprint density at radius 1 is 0.968 bits per heavy atom. The van der Waals surface area contributed by atoms with Crippen molar-refractivity contribution in [1.29, 1.82) is 0 Å². The number of benzene rings is 1. The Bertz CT molecular complexity index is 774. The van der Waals surface area contributed by atoms with Crippen LogP contribution in [0.5, 0.6) is 0 Å². The number of aldehydes is 1. The maximum Gasteiger partial charge on any atom is 0.123 e. The predicted molar refractivity (Wildman–Crippen MR) is 125 cm³/mol. The molecule has 170 valence electrons. The second-order valence-corrected chi connectivity index (χ2v) is 12.1. The lowest BCUT2D eigenvalue weighted by atomic mass is 9.44. The fourth-order valence-corrected chi connectivity index (χ4v) is 9.16. The SMILES string of the molecule is CC(C=O)[C@H]1CC[C@H]2[C@@H]3CCC4CC(OCc5ccccc5)CC[C@]4(C)[C@H]3CC[C@]12C. The van der Waals surface area contributed by atoms with Gasteiger partial charge in [-0.25, -0.2) is 0 Å². The van der Waals surface area contributed by atoms with Crippen molar-refractivity contribution in [2.45, 2.75) is 91.3 Å². The van der Waals surface area contributed by atoms with Gasteiger partial charge < -0.3 is 9.53 Å². The zero-order valence-electron chi connectivity index (χ0n) is 19.9. The molecule has 2 nitrogen and oxygen atoms in total. The molecular formula is C29H42O2. The number of rotatable bonds is 5. The molecule has 0 aliphatic heterocycles. The standard InChI is InChI=1S/C29H42O2/c1-20(18-30)25-11-12-26-24-10-9-22-17-23(31-19-21-7-5-4-6-8-21)13-15-28(22,2)27(24)14-16-29(25,26)3/h4-8,18,20,22-27H,9-17,19H2,1-3H3/t20?,22?,23?,24-,25+,26-,27-,28-,29+/m0/s1. The lowest BCUT2D eigenvalue weighted by molar-refractivity contribution is -0.139. The predicted octanol–water partition coefficient (Wildman–Crippen LogP) is 7.07. The van der Waals surface area contributed by atoms with Gasteiger partial charge in [0.25, 0.3) is 0 Å². The Morgan fingerprint density at radius 2 is 1.71 bits per heavy atom. The molecule has 3 unspecified atom stereocenters. The molecular weight excluding hydrogens is 380 g/mol. The van der Waals surface area contributed by atoms with Crippen molar-refractivity contribution in [1.82, 2.24) is 0 Å². The normalized spacial score (nSPS) is 45.3. The summed E-state index contributed by atoms with van der Waals surface area (Å²) in [6, 6.07) is 10.7. The number of ether oxygens (including phenoxy) is 1. The fraction of sp³-hybridized carbons (Fsp3) is 0.759. The van der Waals surface area contributed by atoms with Gasteiger partial charge in [-0.05, 0) is 104 Å². The van der Waals surface area contributed by atoms with Crippen LogP contribution in [0.1, 0.15) is 84.1 Å². The molecule has 0 saturated heterocycles. The average molecular weight is 423 g/mol. The van der Waals surface area contributed by atoms with Crippen LogP contribution in [0, 0.1) is 46.3 Å². The van der Waals surface area contributed by atoms with Crippen molar-refractivity contribution in [2.75, 3.05) is 0 Å². The fourth-order valence-electron chi connectivity index (χ4n) is 9.16. The van der Waals surface area contributed by atoms with Gasteiger partial charge in [-0.15, -0.1) is 0 Å². The number of hydrogen-bond donors (Lipinski definition) is 0. The minimum Gasteiger partial charge on any atom is -0.374 e. The van der Waals surface area contributed by atoms with E-state index in [1.54, 1.807) is 0 Å². The first-order valence-corrected chi connectivity index (χ1v) is 13.1. The monoisotopic (exact) mass is 422 g/mol. The molecule has 0 bridgehead atoms. The second kappa shape index (κ2) is 8.32. The third kappa shape index (κ3) is 3.62. The van der Waals surface area contributed by atoms with Crippen molar-refractivity contribution >= 4 is 6.29 Å². The number of carbonyl (C=O) groups is 1. The molecule has 4 aliphatic carbocycles. The zero-order valence-corrected chi connectivity index (χ0v) is 19.9. The minimum atomic E-state index is 0.232. The topological polar surface area (TPSA) is 26.3 Å². The number of carbonyl (C=O) groups excluding carboxylic acids is 1. The van der Waals surface area contributed by atoms with Crippen LogP contribution in [0.15, 0.2) is 30.3 Å². The molecule has 0 N–H and O–H groups in total. The Balaban J connectivity index is 1.26. The van der Waals surface area contributed by atoms with Crippen LogP contribution in [0.4, 0.5) is 0 Å². The van der Waals surface area contributed by atoms with Crippen molar-refractivity contribution in [3.63, 3.8) is 0 Å². The Morgan fingerprint density at radius 3 is 2.48 bits per heavy atom. The van der Waals surface area contributed by atoms with Crippen molar-refractivity contribution in [3.05, 3.63) is 35.9 Å². The van der Waals surface area contributed by atoms with Gasteiger partial charge in [0.15, 0.2) is 0 Å². The van der Waals surface area contributed by atoms with Crippen LogP contribution in [0.25, 0.3) is 0 Å². The zero-order chi connectivity index (χ0) is 21.6. The summed E-state index contributed by atoms with van der Waals surface area (Å²) in [7, 11) is 0. The molecule has 4 saturated carbocycles. The first-order chi connectivity index (χ1) is 15.0. The van der Waals surface area contributed by atoms with Crippen LogP contribution < -0.4 is 0 Å². The highest BCUT2D eigenvalue weighted by Gasteiger charge is 2.60. The molecule has 0 radical (unpaired) electrons. The van der Waals surface area contributed by atoms with Gasteiger partial charge in [-0.3, -0.25) is 0 Å². The van der Waals surface area contributed by atoms with E-state index in [0.717, 1.165) is 30.3 Å². The van der Waals surface area contributed by atoms with E-state index in [4.69, 9.17) is 4.74 Å². The van der Waals surface area contributed by atoms with E-state index >= 15 is 0 Å². The summed E-state index contributed by atoms with van der Waals surface area (Å²) in [5, 5.41) is 0. The van der Waals surface area contributed by atoms with Crippen LogP contribution in [0.2, 0.25) is 0 Å². The maximum absolute atomic E-state index is 11.6. The van der Waals surface area contributed by atoms with E-state index in [-0.39, 0.29) is 5.92 Å². The van der Waals surface area contributed by atoms with Gasteiger partial charge in [0.05, 0.1) is 12.7 Å². The summed E-state index contributed by atoms with van der Waals surface area (Å²) in [5.41, 5.74) is 2.21. The molecule has 9 atom stereocenters. The first kappa shape index (κ1) is 21.7. The molecule has 4 fully saturated rings. The molecule has 0 aromatic heterocycles. The highest BCUT2D eigenvalue weighted by atomic mass is 16.5. The Labute approximate surface area is 189 Å². The van der Waals surface area contributed by atoms with Gasteiger partial charge >= 0.3 is 0 Å². The summed E-state index contributed by atoms with van der Waals surface area (Å²) < 4.78 is 6.40. The molecule has 2 heteroatoms. The lowest BCUT2D eigenvalue weighted by Crippen LogP contribution is -2.54. The van der Waals surface area contributed by atoms with Gasteiger partial charge in [-0.2, -0.15) is 0 Å². The molecule has 0 heterocycles. The summed E-state index contributed by atoms with van der Waals surface area (Å²) in [4.78, 5) is 11.6. The molecule has 0 spiro atoms. The highest BCUT2D eigenvalue weighted by molar-refractivity contribution is 5.53. The largest absolute Gasteiger partial charge is 0.374 e. The van der Waals surface area contributed by atoms with Crippen LogP contribution in [-0.2, 0) is 16.1 Å².